The highest BCUT2D eigenvalue weighted by Gasteiger charge is 2.24. The zero-order chi connectivity index (χ0) is 15.0. The average Bonchev–Trinajstić information content (AvgIpc) is 2.79. The lowest BCUT2D eigenvalue weighted by Crippen LogP contribution is -2.09. The molecule has 1 unspecified atom stereocenters. The lowest BCUT2D eigenvalue weighted by atomic mass is 10.1. The summed E-state index contributed by atoms with van der Waals surface area (Å²) in [5.41, 5.74) is 3.34. The van der Waals surface area contributed by atoms with Gasteiger partial charge in [-0.25, -0.2) is 4.68 Å². The van der Waals surface area contributed by atoms with Gasteiger partial charge in [0.15, 0.2) is 0 Å². The van der Waals surface area contributed by atoms with Crippen LogP contribution in [0.3, 0.4) is 0 Å². The molecule has 2 heterocycles. The third-order valence-electron chi connectivity index (χ3n) is 3.39. The molecule has 0 radical (unpaired) electrons. The molecule has 0 saturated carbocycles. The largest absolute Gasteiger partial charge is 0.481 e. The van der Waals surface area contributed by atoms with Crippen molar-refractivity contribution in [2.45, 2.75) is 26.4 Å². The quantitative estimate of drug-likeness (QED) is 0.920. The van der Waals surface area contributed by atoms with E-state index in [1.165, 1.54) is 0 Å². The van der Waals surface area contributed by atoms with Crippen LogP contribution in [0.1, 0.15) is 28.7 Å². The van der Waals surface area contributed by atoms with Crippen LogP contribution < -0.4 is 4.74 Å². The average molecular weight is 343 g/mol. The molecule has 2 aromatic heterocycles. The van der Waals surface area contributed by atoms with Crippen molar-refractivity contribution in [1.82, 2.24) is 19.6 Å². The van der Waals surface area contributed by atoms with Gasteiger partial charge in [0.2, 0.25) is 5.88 Å². The summed E-state index contributed by atoms with van der Waals surface area (Å²) in [6, 6.07) is 0. The smallest absolute Gasteiger partial charge is 0.217 e. The van der Waals surface area contributed by atoms with Crippen LogP contribution >= 0.6 is 15.9 Å². The van der Waals surface area contributed by atoms with Crippen molar-refractivity contribution < 1.29 is 9.84 Å². The summed E-state index contributed by atoms with van der Waals surface area (Å²) in [4.78, 5) is 0. The van der Waals surface area contributed by atoms with Gasteiger partial charge in [-0.3, -0.25) is 4.68 Å². The Morgan fingerprint density at radius 2 is 1.80 bits per heavy atom. The summed E-state index contributed by atoms with van der Waals surface area (Å²) >= 11 is 3.51. The lowest BCUT2D eigenvalue weighted by Gasteiger charge is -2.13. The number of nitrogens with zero attached hydrogens (tertiary/aromatic N) is 4. The molecule has 1 atom stereocenters. The lowest BCUT2D eigenvalue weighted by molar-refractivity contribution is 0.170. The standard InChI is InChI=1S/C13H19BrN4O2/c1-7-11(13(20-5)18(4)15-7)10(19)6-9-12(14)8(2)16-17(9)3/h10,19H,6H2,1-5H3. The maximum absolute atomic E-state index is 10.5. The van der Waals surface area contributed by atoms with E-state index in [0.29, 0.717) is 12.3 Å². The van der Waals surface area contributed by atoms with Crippen LogP contribution in [0, 0.1) is 13.8 Å². The van der Waals surface area contributed by atoms with E-state index in [-0.39, 0.29) is 0 Å². The number of rotatable bonds is 4. The number of methoxy groups -OCH3 is 1. The number of aromatic nitrogens is 4. The summed E-state index contributed by atoms with van der Waals surface area (Å²) in [6.07, 6.45) is -0.245. The van der Waals surface area contributed by atoms with Gasteiger partial charge in [-0.15, -0.1) is 0 Å². The first kappa shape index (κ1) is 15.1. The molecular weight excluding hydrogens is 324 g/mol. The molecular formula is C13H19BrN4O2. The van der Waals surface area contributed by atoms with Crippen molar-refractivity contribution in [3.05, 3.63) is 27.1 Å². The fraction of sp³-hybridized carbons (Fsp3) is 0.538. The van der Waals surface area contributed by atoms with Gasteiger partial charge < -0.3 is 9.84 Å². The maximum atomic E-state index is 10.5. The van der Waals surface area contributed by atoms with Gasteiger partial charge in [0.05, 0.1) is 40.3 Å². The van der Waals surface area contributed by atoms with Gasteiger partial charge >= 0.3 is 0 Å². The Morgan fingerprint density at radius 3 is 2.30 bits per heavy atom. The fourth-order valence-electron chi connectivity index (χ4n) is 2.47. The fourth-order valence-corrected chi connectivity index (χ4v) is 2.96. The van der Waals surface area contributed by atoms with Crippen LogP contribution in [0.2, 0.25) is 0 Å². The Kier molecular flexibility index (Phi) is 4.19. The SMILES string of the molecule is COc1c(C(O)Cc2c(Br)c(C)nn2C)c(C)nn1C. The Balaban J connectivity index is 2.35. The molecule has 0 amide bonds. The van der Waals surface area contributed by atoms with Crippen molar-refractivity contribution in [2.75, 3.05) is 7.11 Å². The molecule has 0 fully saturated rings. The molecule has 20 heavy (non-hydrogen) atoms. The highest BCUT2D eigenvalue weighted by molar-refractivity contribution is 9.10. The number of ether oxygens (including phenoxy) is 1. The Labute approximate surface area is 126 Å². The zero-order valence-electron chi connectivity index (χ0n) is 12.3. The first-order chi connectivity index (χ1) is 9.36. The van der Waals surface area contributed by atoms with Gasteiger partial charge in [0.1, 0.15) is 0 Å². The molecule has 0 aliphatic heterocycles. The van der Waals surface area contributed by atoms with E-state index in [2.05, 4.69) is 26.1 Å². The van der Waals surface area contributed by atoms with Gasteiger partial charge in [-0.1, -0.05) is 0 Å². The first-order valence-corrected chi connectivity index (χ1v) is 7.09. The predicted octanol–water partition coefficient (Wildman–Crippen LogP) is 1.82. The number of halogens is 1. The highest BCUT2D eigenvalue weighted by Crippen LogP contribution is 2.32. The monoisotopic (exact) mass is 342 g/mol. The van der Waals surface area contributed by atoms with Gasteiger partial charge in [-0.2, -0.15) is 10.2 Å². The third-order valence-corrected chi connectivity index (χ3v) is 4.42. The first-order valence-electron chi connectivity index (χ1n) is 6.30. The minimum atomic E-state index is -0.690. The molecule has 0 aliphatic rings. The van der Waals surface area contributed by atoms with Crippen LogP contribution in [-0.2, 0) is 20.5 Å². The number of hydrogen-bond donors (Lipinski definition) is 1. The highest BCUT2D eigenvalue weighted by atomic mass is 79.9. The van der Waals surface area contributed by atoms with Crippen molar-refractivity contribution in [2.24, 2.45) is 14.1 Å². The molecule has 110 valence electrons. The second-order valence-electron chi connectivity index (χ2n) is 4.82. The molecule has 2 rings (SSSR count). The normalized spacial score (nSPS) is 12.8. The van der Waals surface area contributed by atoms with E-state index in [4.69, 9.17) is 4.74 Å². The predicted molar refractivity (Wildman–Crippen MR) is 78.8 cm³/mol. The summed E-state index contributed by atoms with van der Waals surface area (Å²) in [5, 5.41) is 19.2. The van der Waals surface area contributed by atoms with Crippen molar-refractivity contribution >= 4 is 15.9 Å². The Bertz CT molecular complexity index is 633. The van der Waals surface area contributed by atoms with E-state index >= 15 is 0 Å². The third kappa shape index (κ3) is 2.47. The number of aryl methyl sites for hydroxylation is 4. The van der Waals surface area contributed by atoms with Crippen molar-refractivity contribution in [3.8, 4) is 5.88 Å². The molecule has 7 heteroatoms. The van der Waals surface area contributed by atoms with Crippen LogP contribution in [0.5, 0.6) is 5.88 Å². The van der Waals surface area contributed by atoms with Gasteiger partial charge in [0.25, 0.3) is 0 Å². The molecule has 0 saturated heterocycles. The van der Waals surface area contributed by atoms with Crippen LogP contribution in [-0.4, -0.2) is 31.8 Å². The van der Waals surface area contributed by atoms with Crippen molar-refractivity contribution in [1.29, 1.82) is 0 Å². The molecule has 0 aromatic carbocycles. The van der Waals surface area contributed by atoms with E-state index in [1.807, 2.05) is 20.9 Å². The molecule has 6 nitrogen and oxygen atoms in total. The second-order valence-corrected chi connectivity index (χ2v) is 5.61. The molecule has 0 bridgehead atoms. The minimum absolute atomic E-state index is 0.445. The van der Waals surface area contributed by atoms with E-state index in [1.54, 1.807) is 23.5 Å². The molecule has 1 N–H and O–H groups in total. The second kappa shape index (κ2) is 5.57. The van der Waals surface area contributed by atoms with Gasteiger partial charge in [-0.05, 0) is 29.8 Å². The number of hydrogen-bond acceptors (Lipinski definition) is 4. The van der Waals surface area contributed by atoms with Crippen LogP contribution in [0.15, 0.2) is 4.47 Å². The van der Waals surface area contributed by atoms with Crippen LogP contribution in [0.4, 0.5) is 0 Å². The summed E-state index contributed by atoms with van der Waals surface area (Å²) in [7, 11) is 5.25. The summed E-state index contributed by atoms with van der Waals surface area (Å²) < 4.78 is 9.67. The maximum Gasteiger partial charge on any atom is 0.217 e. The van der Waals surface area contributed by atoms with E-state index in [9.17, 15) is 5.11 Å². The Hall–Kier alpha value is -1.34. The van der Waals surface area contributed by atoms with E-state index in [0.717, 1.165) is 27.1 Å². The van der Waals surface area contributed by atoms with E-state index < -0.39 is 6.10 Å². The van der Waals surface area contributed by atoms with Crippen LogP contribution in [0.25, 0.3) is 0 Å². The number of aliphatic hydroxyl groups is 1. The molecule has 0 aliphatic carbocycles. The molecule has 2 aromatic rings. The zero-order valence-corrected chi connectivity index (χ0v) is 13.9. The Morgan fingerprint density at radius 1 is 1.20 bits per heavy atom. The number of aliphatic hydroxyl groups excluding tert-OH is 1. The van der Waals surface area contributed by atoms with Gasteiger partial charge in [0, 0.05) is 20.5 Å². The summed E-state index contributed by atoms with van der Waals surface area (Å²) in [5.74, 6) is 0.588. The van der Waals surface area contributed by atoms with Crippen molar-refractivity contribution in [3.63, 3.8) is 0 Å². The summed E-state index contributed by atoms with van der Waals surface area (Å²) in [6.45, 7) is 3.79. The molecule has 0 spiro atoms. The topological polar surface area (TPSA) is 65.1 Å². The minimum Gasteiger partial charge on any atom is -0.481 e.